The van der Waals surface area contributed by atoms with Gasteiger partial charge in [-0.2, -0.15) is 0 Å². The molecule has 1 aromatic carbocycles. The van der Waals surface area contributed by atoms with Crippen LogP contribution in [0, 0.1) is 0 Å². The van der Waals surface area contributed by atoms with Gasteiger partial charge in [-0.1, -0.05) is 19.9 Å². The molecule has 0 radical (unpaired) electrons. The Morgan fingerprint density at radius 1 is 1.39 bits per heavy atom. The first-order valence-corrected chi connectivity index (χ1v) is 6.66. The molecule has 0 unspecified atom stereocenters. The number of benzene rings is 1. The summed E-state index contributed by atoms with van der Waals surface area (Å²) >= 11 is 0. The van der Waals surface area contributed by atoms with E-state index in [0.717, 1.165) is 37.3 Å². The van der Waals surface area contributed by atoms with E-state index in [-0.39, 0.29) is 6.03 Å². The van der Waals surface area contributed by atoms with Crippen LogP contribution in [0.1, 0.15) is 26.7 Å². The Kier molecular flexibility index (Phi) is 4.07. The molecule has 1 heterocycles. The van der Waals surface area contributed by atoms with Crippen LogP contribution < -0.4 is 15.5 Å². The summed E-state index contributed by atoms with van der Waals surface area (Å²) in [4.78, 5) is 13.4. The van der Waals surface area contributed by atoms with E-state index in [4.69, 9.17) is 0 Å². The van der Waals surface area contributed by atoms with Crippen molar-refractivity contribution in [2.75, 3.05) is 23.3 Å². The topological polar surface area (TPSA) is 44.4 Å². The zero-order valence-corrected chi connectivity index (χ0v) is 11.1. The summed E-state index contributed by atoms with van der Waals surface area (Å²) in [5.74, 6) is 0. The van der Waals surface area contributed by atoms with Crippen LogP contribution in [0.5, 0.6) is 0 Å². The summed E-state index contributed by atoms with van der Waals surface area (Å²) in [6.07, 6.45) is 2.20. The first kappa shape index (κ1) is 12.7. The van der Waals surface area contributed by atoms with Gasteiger partial charge < -0.3 is 10.6 Å². The number of carbonyl (C=O) groups excluding carboxylic acids is 1. The van der Waals surface area contributed by atoms with Gasteiger partial charge in [0.1, 0.15) is 0 Å². The van der Waals surface area contributed by atoms with E-state index in [1.807, 2.05) is 18.2 Å². The summed E-state index contributed by atoms with van der Waals surface area (Å²) in [6.45, 7) is 5.83. The molecule has 1 aromatic rings. The van der Waals surface area contributed by atoms with Crippen molar-refractivity contribution in [2.45, 2.75) is 32.7 Å². The first-order valence-electron chi connectivity index (χ1n) is 6.66. The maximum atomic E-state index is 11.6. The quantitative estimate of drug-likeness (QED) is 0.840. The average molecular weight is 247 g/mol. The van der Waals surface area contributed by atoms with Crippen LogP contribution in [0.2, 0.25) is 0 Å². The number of rotatable bonds is 5. The molecule has 1 aliphatic heterocycles. The average Bonchev–Trinajstić information content (AvgIpc) is 2.82. The van der Waals surface area contributed by atoms with Crippen molar-refractivity contribution in [3.63, 3.8) is 0 Å². The Balaban J connectivity index is 2.12. The smallest absolute Gasteiger partial charge is 0.321 e. The van der Waals surface area contributed by atoms with Crippen molar-refractivity contribution >= 4 is 17.4 Å². The van der Waals surface area contributed by atoms with E-state index < -0.39 is 0 Å². The Labute approximate surface area is 108 Å². The molecule has 0 saturated carbocycles. The highest BCUT2D eigenvalue weighted by atomic mass is 16.2. The molecule has 2 N–H and O–H groups in total. The van der Waals surface area contributed by atoms with Crippen LogP contribution in [-0.4, -0.2) is 25.2 Å². The number of hydrogen-bond acceptors (Lipinski definition) is 2. The molecule has 18 heavy (non-hydrogen) atoms. The van der Waals surface area contributed by atoms with Crippen molar-refractivity contribution in [1.82, 2.24) is 5.32 Å². The lowest BCUT2D eigenvalue weighted by atomic mass is 10.1. The number of anilines is 2. The number of amides is 2. The number of nitrogens with one attached hydrogen (secondary N) is 2. The van der Waals surface area contributed by atoms with Crippen molar-refractivity contribution in [2.24, 2.45) is 0 Å². The monoisotopic (exact) mass is 247 g/mol. The first-order chi connectivity index (χ1) is 8.74. The van der Waals surface area contributed by atoms with E-state index in [1.165, 1.54) is 0 Å². The van der Waals surface area contributed by atoms with Gasteiger partial charge in [-0.3, -0.25) is 4.90 Å². The standard InChI is InChI=1S/C14H21N3O/c1-3-11(4-2)16-12-6-5-7-13(10-12)17-9-8-15-14(17)18/h5-7,10-11,16H,3-4,8-9H2,1-2H3,(H,15,18). The maximum absolute atomic E-state index is 11.6. The molecule has 0 bridgehead atoms. The zero-order valence-electron chi connectivity index (χ0n) is 11.1. The second kappa shape index (κ2) is 5.76. The predicted molar refractivity (Wildman–Crippen MR) is 75.2 cm³/mol. The van der Waals surface area contributed by atoms with Gasteiger partial charge >= 0.3 is 6.03 Å². The van der Waals surface area contributed by atoms with Crippen LogP contribution >= 0.6 is 0 Å². The summed E-state index contributed by atoms with van der Waals surface area (Å²) < 4.78 is 0. The Morgan fingerprint density at radius 3 is 2.78 bits per heavy atom. The second-order valence-electron chi connectivity index (χ2n) is 4.59. The van der Waals surface area contributed by atoms with Crippen LogP contribution in [0.3, 0.4) is 0 Å². The second-order valence-corrected chi connectivity index (χ2v) is 4.59. The summed E-state index contributed by atoms with van der Waals surface area (Å²) in [5.41, 5.74) is 2.04. The van der Waals surface area contributed by atoms with Gasteiger partial charge in [0.15, 0.2) is 0 Å². The van der Waals surface area contributed by atoms with Crippen molar-refractivity contribution in [3.8, 4) is 0 Å². The van der Waals surface area contributed by atoms with Gasteiger partial charge in [0.05, 0.1) is 0 Å². The highest BCUT2D eigenvalue weighted by Crippen LogP contribution is 2.22. The van der Waals surface area contributed by atoms with E-state index in [2.05, 4.69) is 30.5 Å². The summed E-state index contributed by atoms with van der Waals surface area (Å²) in [7, 11) is 0. The van der Waals surface area contributed by atoms with Crippen LogP contribution in [0.4, 0.5) is 16.2 Å². The van der Waals surface area contributed by atoms with Gasteiger partial charge in [0, 0.05) is 30.5 Å². The number of carbonyl (C=O) groups is 1. The number of nitrogens with zero attached hydrogens (tertiary/aromatic N) is 1. The van der Waals surface area contributed by atoms with E-state index in [9.17, 15) is 4.79 Å². The van der Waals surface area contributed by atoms with Crippen molar-refractivity contribution < 1.29 is 4.79 Å². The summed E-state index contributed by atoms with van der Waals surface area (Å²) in [6, 6.07) is 8.55. The lowest BCUT2D eigenvalue weighted by Crippen LogP contribution is -2.27. The van der Waals surface area contributed by atoms with Crippen molar-refractivity contribution in [3.05, 3.63) is 24.3 Å². The normalized spacial score (nSPS) is 15.1. The van der Waals surface area contributed by atoms with Gasteiger partial charge in [0.25, 0.3) is 0 Å². The number of hydrogen-bond donors (Lipinski definition) is 2. The minimum absolute atomic E-state index is 0.00492. The van der Waals surface area contributed by atoms with E-state index >= 15 is 0 Å². The highest BCUT2D eigenvalue weighted by Gasteiger charge is 2.21. The third-order valence-electron chi connectivity index (χ3n) is 3.37. The van der Waals surface area contributed by atoms with Crippen LogP contribution in [0.15, 0.2) is 24.3 Å². The van der Waals surface area contributed by atoms with Crippen LogP contribution in [0.25, 0.3) is 0 Å². The van der Waals surface area contributed by atoms with Gasteiger partial charge in [0.2, 0.25) is 0 Å². The van der Waals surface area contributed by atoms with E-state index in [0.29, 0.717) is 6.04 Å². The highest BCUT2D eigenvalue weighted by molar-refractivity contribution is 5.94. The fraction of sp³-hybridized carbons (Fsp3) is 0.500. The summed E-state index contributed by atoms with van der Waals surface area (Å²) in [5, 5.41) is 6.32. The SMILES string of the molecule is CCC(CC)Nc1cccc(N2CCNC2=O)c1. The lowest BCUT2D eigenvalue weighted by molar-refractivity contribution is 0.252. The van der Waals surface area contributed by atoms with Gasteiger partial charge in [-0.25, -0.2) is 4.79 Å². The molecule has 0 aromatic heterocycles. The molecule has 1 fully saturated rings. The zero-order chi connectivity index (χ0) is 13.0. The predicted octanol–water partition coefficient (Wildman–Crippen LogP) is 2.82. The molecule has 0 spiro atoms. The Morgan fingerprint density at radius 2 is 2.17 bits per heavy atom. The third kappa shape index (κ3) is 2.75. The number of urea groups is 1. The van der Waals surface area contributed by atoms with Gasteiger partial charge in [-0.15, -0.1) is 0 Å². The molecule has 4 heteroatoms. The fourth-order valence-electron chi connectivity index (χ4n) is 2.21. The largest absolute Gasteiger partial charge is 0.382 e. The van der Waals surface area contributed by atoms with Gasteiger partial charge in [-0.05, 0) is 31.0 Å². The van der Waals surface area contributed by atoms with Crippen LogP contribution in [-0.2, 0) is 0 Å². The molecular weight excluding hydrogens is 226 g/mol. The van der Waals surface area contributed by atoms with E-state index in [1.54, 1.807) is 4.90 Å². The maximum Gasteiger partial charge on any atom is 0.321 e. The molecule has 0 aliphatic carbocycles. The Bertz CT molecular complexity index is 415. The molecule has 0 atom stereocenters. The Hall–Kier alpha value is -1.71. The fourth-order valence-corrected chi connectivity index (χ4v) is 2.21. The molecule has 4 nitrogen and oxygen atoms in total. The molecule has 2 amide bonds. The lowest BCUT2D eigenvalue weighted by Gasteiger charge is -2.19. The molecular formula is C14H21N3O. The van der Waals surface area contributed by atoms with Crippen molar-refractivity contribution in [1.29, 1.82) is 0 Å². The third-order valence-corrected chi connectivity index (χ3v) is 3.37. The molecule has 2 rings (SSSR count). The minimum Gasteiger partial charge on any atom is -0.382 e. The minimum atomic E-state index is -0.00492. The molecule has 98 valence electrons. The molecule has 1 aliphatic rings. The molecule has 1 saturated heterocycles.